The summed E-state index contributed by atoms with van der Waals surface area (Å²) >= 11 is 6.15. The van der Waals surface area contributed by atoms with Crippen LogP contribution in [0, 0.1) is 0 Å². The van der Waals surface area contributed by atoms with Crippen LogP contribution in [0.15, 0.2) is 36.9 Å². The summed E-state index contributed by atoms with van der Waals surface area (Å²) in [6, 6.07) is 6.10. The highest BCUT2D eigenvalue weighted by Gasteiger charge is 2.15. The second-order valence-corrected chi connectivity index (χ2v) is 6.80. The monoisotopic (exact) mass is 382 g/mol. The van der Waals surface area contributed by atoms with E-state index in [2.05, 4.69) is 44.2 Å². The van der Waals surface area contributed by atoms with Gasteiger partial charge in [0.15, 0.2) is 17.0 Å². The minimum Gasteiger partial charge on any atom is -0.364 e. The minimum atomic E-state index is 0.186. The van der Waals surface area contributed by atoms with Crippen LogP contribution in [0.5, 0.6) is 0 Å². The van der Waals surface area contributed by atoms with Crippen molar-refractivity contribution < 1.29 is 0 Å². The lowest BCUT2D eigenvalue weighted by Gasteiger charge is -2.11. The number of nitrogens with one attached hydrogen (secondary N) is 1. The summed E-state index contributed by atoms with van der Waals surface area (Å²) in [5, 5.41) is 7.75. The Kier molecular flexibility index (Phi) is 4.49. The summed E-state index contributed by atoms with van der Waals surface area (Å²) in [5.41, 5.74) is 4.24. The van der Waals surface area contributed by atoms with Crippen molar-refractivity contribution in [3.8, 4) is 11.4 Å². The summed E-state index contributed by atoms with van der Waals surface area (Å²) in [7, 11) is 1.90. The van der Waals surface area contributed by atoms with Gasteiger partial charge in [-0.25, -0.2) is 4.98 Å². The van der Waals surface area contributed by atoms with Gasteiger partial charge in [-0.1, -0.05) is 6.07 Å². The first kappa shape index (κ1) is 17.4. The Labute approximate surface area is 161 Å². The predicted octanol–water partition coefficient (Wildman–Crippen LogP) is 3.47. The molecular weight excluding hydrogens is 364 g/mol. The Morgan fingerprint density at radius 1 is 1.15 bits per heavy atom. The highest BCUT2D eigenvalue weighted by Crippen LogP contribution is 2.25. The molecule has 4 aromatic rings. The largest absolute Gasteiger partial charge is 0.364 e. The number of halogens is 1. The van der Waals surface area contributed by atoms with E-state index < -0.39 is 0 Å². The third-order valence-electron chi connectivity index (χ3n) is 4.35. The van der Waals surface area contributed by atoms with E-state index in [9.17, 15) is 0 Å². The highest BCUT2D eigenvalue weighted by atomic mass is 35.5. The molecule has 1 N–H and O–H groups in total. The zero-order valence-electron chi connectivity index (χ0n) is 15.3. The normalized spacial score (nSPS) is 11.4. The fourth-order valence-corrected chi connectivity index (χ4v) is 3.15. The van der Waals surface area contributed by atoms with Crippen molar-refractivity contribution in [1.82, 2.24) is 34.3 Å². The number of anilines is 1. The van der Waals surface area contributed by atoms with E-state index >= 15 is 0 Å². The maximum Gasteiger partial charge on any atom is 0.226 e. The Morgan fingerprint density at radius 3 is 2.74 bits per heavy atom. The van der Waals surface area contributed by atoms with E-state index in [-0.39, 0.29) is 11.3 Å². The molecule has 27 heavy (non-hydrogen) atoms. The number of hydrogen-bond acceptors (Lipinski definition) is 6. The number of hydrogen-bond donors (Lipinski definition) is 1. The average molecular weight is 383 g/mol. The summed E-state index contributed by atoms with van der Waals surface area (Å²) in [6.45, 7) is 4.66. The van der Waals surface area contributed by atoms with Crippen molar-refractivity contribution in [3.63, 3.8) is 0 Å². The van der Waals surface area contributed by atoms with Gasteiger partial charge < -0.3 is 9.88 Å². The molecule has 0 fully saturated rings. The fourth-order valence-electron chi connectivity index (χ4n) is 2.99. The standard InChI is InChI=1S/C18H19ClN8/c1-11(2)27-10-22-15-16(24-18(19)25-17(15)27)21-9-12-5-4-7-20-14(12)13-6-8-23-26(13)3/h4-8,10-11H,9H2,1-3H3,(H,21,24,25). The predicted molar refractivity (Wildman–Crippen MR) is 104 cm³/mol. The third-order valence-corrected chi connectivity index (χ3v) is 4.52. The molecule has 0 aliphatic carbocycles. The molecule has 8 nitrogen and oxygen atoms in total. The average Bonchev–Trinajstić information content (AvgIpc) is 3.26. The summed E-state index contributed by atoms with van der Waals surface area (Å²) in [4.78, 5) is 17.7. The van der Waals surface area contributed by atoms with Crippen LogP contribution in [0.2, 0.25) is 5.28 Å². The van der Waals surface area contributed by atoms with Crippen LogP contribution in [-0.4, -0.2) is 34.3 Å². The first-order valence-electron chi connectivity index (χ1n) is 8.61. The van der Waals surface area contributed by atoms with Gasteiger partial charge in [-0.3, -0.25) is 9.67 Å². The van der Waals surface area contributed by atoms with Gasteiger partial charge in [0, 0.05) is 32.0 Å². The molecule has 4 heterocycles. The van der Waals surface area contributed by atoms with E-state index in [1.54, 1.807) is 23.4 Å². The van der Waals surface area contributed by atoms with E-state index in [0.717, 1.165) is 17.0 Å². The number of rotatable bonds is 5. The van der Waals surface area contributed by atoms with Gasteiger partial charge >= 0.3 is 0 Å². The number of aryl methyl sites for hydroxylation is 1. The maximum absolute atomic E-state index is 6.15. The Hall–Kier alpha value is -3.00. The van der Waals surface area contributed by atoms with Crippen molar-refractivity contribution >= 4 is 28.6 Å². The summed E-state index contributed by atoms with van der Waals surface area (Å²) < 4.78 is 3.77. The van der Waals surface area contributed by atoms with Gasteiger partial charge in [-0.05, 0) is 43.1 Å². The SMILES string of the molecule is CC(C)n1cnc2c(NCc3cccnc3-c3ccnn3C)nc(Cl)nc21. The number of imidazole rings is 1. The Balaban J connectivity index is 1.68. The van der Waals surface area contributed by atoms with Gasteiger partial charge in [0.25, 0.3) is 0 Å². The zero-order chi connectivity index (χ0) is 19.0. The van der Waals surface area contributed by atoms with Crippen LogP contribution in [-0.2, 0) is 13.6 Å². The van der Waals surface area contributed by atoms with Gasteiger partial charge in [-0.15, -0.1) is 0 Å². The molecule has 9 heteroatoms. The van der Waals surface area contributed by atoms with Crippen molar-refractivity contribution in [1.29, 1.82) is 0 Å². The number of aromatic nitrogens is 7. The van der Waals surface area contributed by atoms with Gasteiger partial charge in [-0.2, -0.15) is 15.1 Å². The molecule has 0 aromatic carbocycles. The summed E-state index contributed by atoms with van der Waals surface area (Å²) in [5.74, 6) is 0.601. The van der Waals surface area contributed by atoms with E-state index in [0.29, 0.717) is 23.5 Å². The lowest BCUT2D eigenvalue weighted by atomic mass is 10.1. The molecule has 0 atom stereocenters. The molecule has 0 radical (unpaired) electrons. The van der Waals surface area contributed by atoms with E-state index in [4.69, 9.17) is 11.6 Å². The molecule has 0 aliphatic rings. The molecule has 0 saturated heterocycles. The second-order valence-electron chi connectivity index (χ2n) is 6.46. The van der Waals surface area contributed by atoms with Crippen molar-refractivity contribution in [2.24, 2.45) is 7.05 Å². The lowest BCUT2D eigenvalue weighted by molar-refractivity contribution is 0.612. The number of nitrogens with zero attached hydrogens (tertiary/aromatic N) is 7. The lowest BCUT2D eigenvalue weighted by Crippen LogP contribution is -2.07. The van der Waals surface area contributed by atoms with Crippen molar-refractivity contribution in [2.75, 3.05) is 5.32 Å². The quantitative estimate of drug-likeness (QED) is 0.532. The topological polar surface area (TPSA) is 86.3 Å². The first-order chi connectivity index (χ1) is 13.0. The van der Waals surface area contributed by atoms with Gasteiger partial charge in [0.05, 0.1) is 17.7 Å². The zero-order valence-corrected chi connectivity index (χ0v) is 16.0. The molecule has 0 unspecified atom stereocenters. The molecular formula is C18H19ClN8. The molecule has 0 amide bonds. The van der Waals surface area contributed by atoms with Crippen molar-refractivity contribution in [2.45, 2.75) is 26.4 Å². The Morgan fingerprint density at radius 2 is 2.00 bits per heavy atom. The van der Waals surface area contributed by atoms with Crippen LogP contribution >= 0.6 is 11.6 Å². The Bertz CT molecular complexity index is 1100. The minimum absolute atomic E-state index is 0.186. The molecule has 0 aliphatic heterocycles. The van der Waals surface area contributed by atoms with E-state index in [1.165, 1.54) is 0 Å². The van der Waals surface area contributed by atoms with Crippen LogP contribution in [0.4, 0.5) is 5.82 Å². The molecule has 4 aromatic heterocycles. The molecule has 0 bridgehead atoms. The summed E-state index contributed by atoms with van der Waals surface area (Å²) in [6.07, 6.45) is 5.29. The first-order valence-corrected chi connectivity index (χ1v) is 8.98. The molecule has 0 spiro atoms. The van der Waals surface area contributed by atoms with Gasteiger partial charge in [0.1, 0.15) is 0 Å². The second kappa shape index (κ2) is 6.96. The molecule has 138 valence electrons. The van der Waals surface area contributed by atoms with Crippen LogP contribution in [0.1, 0.15) is 25.5 Å². The van der Waals surface area contributed by atoms with E-state index in [1.807, 2.05) is 29.8 Å². The smallest absolute Gasteiger partial charge is 0.226 e. The molecule has 4 rings (SSSR count). The van der Waals surface area contributed by atoms with Crippen LogP contribution < -0.4 is 5.32 Å². The van der Waals surface area contributed by atoms with Crippen LogP contribution in [0.3, 0.4) is 0 Å². The van der Waals surface area contributed by atoms with Gasteiger partial charge in [0.2, 0.25) is 5.28 Å². The third kappa shape index (κ3) is 3.23. The fraction of sp³-hybridized carbons (Fsp3) is 0.278. The van der Waals surface area contributed by atoms with Crippen LogP contribution in [0.25, 0.3) is 22.6 Å². The highest BCUT2D eigenvalue weighted by molar-refractivity contribution is 6.28. The number of pyridine rings is 1. The maximum atomic E-state index is 6.15. The molecule has 0 saturated carbocycles. The number of fused-ring (bicyclic) bond motifs is 1. The van der Waals surface area contributed by atoms with Crippen molar-refractivity contribution in [3.05, 3.63) is 47.8 Å².